The third kappa shape index (κ3) is 3.27. The molecular weight excluding hydrogens is 251 g/mol. The Labute approximate surface area is 110 Å². The molecule has 0 bridgehead atoms. The van der Waals surface area contributed by atoms with Crippen LogP contribution in [0.1, 0.15) is 5.56 Å². The molecule has 1 heterocycles. The zero-order valence-corrected chi connectivity index (χ0v) is 10.7. The maximum absolute atomic E-state index is 12.8. The second kappa shape index (κ2) is 5.59. The lowest BCUT2D eigenvalue weighted by molar-refractivity contribution is 0.624. The van der Waals surface area contributed by atoms with Crippen molar-refractivity contribution in [3.05, 3.63) is 47.9 Å². The molecular formula is C12H13FN4S. The molecule has 6 heteroatoms. The van der Waals surface area contributed by atoms with Gasteiger partial charge in [0.2, 0.25) is 0 Å². The van der Waals surface area contributed by atoms with Crippen LogP contribution < -0.4 is 10.6 Å². The van der Waals surface area contributed by atoms with Crippen molar-refractivity contribution in [2.75, 3.05) is 12.4 Å². The van der Waals surface area contributed by atoms with Gasteiger partial charge in [-0.15, -0.1) is 0 Å². The van der Waals surface area contributed by atoms with Gasteiger partial charge in [0.05, 0.1) is 6.54 Å². The van der Waals surface area contributed by atoms with Crippen molar-refractivity contribution in [1.29, 1.82) is 0 Å². The van der Waals surface area contributed by atoms with Gasteiger partial charge < -0.3 is 10.6 Å². The first-order valence-electron chi connectivity index (χ1n) is 5.44. The predicted octanol–water partition coefficient (Wildman–Crippen LogP) is 1.99. The molecule has 0 aliphatic carbocycles. The molecule has 0 radical (unpaired) electrons. The molecule has 1 aromatic carbocycles. The standard InChI is InChI=1S/C12H13FN4S/c1-14-12(18)15-11-6-7-17(16-11)8-9-2-4-10(13)5-3-9/h2-7H,8H2,1H3,(H2,14,15,16,18). The summed E-state index contributed by atoms with van der Waals surface area (Å²) >= 11 is 4.98. The van der Waals surface area contributed by atoms with Gasteiger partial charge in [-0.2, -0.15) is 5.10 Å². The van der Waals surface area contributed by atoms with Crippen LogP contribution in [0.3, 0.4) is 0 Å². The monoisotopic (exact) mass is 264 g/mol. The number of halogens is 1. The van der Waals surface area contributed by atoms with E-state index in [1.807, 2.05) is 12.3 Å². The van der Waals surface area contributed by atoms with Crippen molar-refractivity contribution < 1.29 is 4.39 Å². The fourth-order valence-corrected chi connectivity index (χ4v) is 1.58. The number of nitrogens with one attached hydrogen (secondary N) is 2. The Hall–Kier alpha value is -1.95. The van der Waals surface area contributed by atoms with Crippen molar-refractivity contribution in [1.82, 2.24) is 15.1 Å². The second-order valence-electron chi connectivity index (χ2n) is 3.73. The second-order valence-corrected chi connectivity index (χ2v) is 4.14. The van der Waals surface area contributed by atoms with E-state index in [1.165, 1.54) is 12.1 Å². The van der Waals surface area contributed by atoms with Gasteiger partial charge in [-0.3, -0.25) is 4.68 Å². The van der Waals surface area contributed by atoms with Gasteiger partial charge in [-0.05, 0) is 29.9 Å². The summed E-state index contributed by atoms with van der Waals surface area (Å²) in [5.74, 6) is 0.442. The number of hydrogen-bond acceptors (Lipinski definition) is 2. The average Bonchev–Trinajstić information content (AvgIpc) is 2.79. The Kier molecular flexibility index (Phi) is 3.88. The summed E-state index contributed by atoms with van der Waals surface area (Å²) in [7, 11) is 1.74. The van der Waals surface area contributed by atoms with Gasteiger partial charge in [0.1, 0.15) is 5.82 Å². The highest BCUT2D eigenvalue weighted by molar-refractivity contribution is 7.80. The maximum atomic E-state index is 12.8. The van der Waals surface area contributed by atoms with Crippen molar-refractivity contribution in [3.63, 3.8) is 0 Å². The highest BCUT2D eigenvalue weighted by Crippen LogP contribution is 2.07. The largest absolute Gasteiger partial charge is 0.365 e. The Bertz CT molecular complexity index is 535. The molecule has 18 heavy (non-hydrogen) atoms. The molecule has 1 aromatic heterocycles. The van der Waals surface area contributed by atoms with Crippen LogP contribution >= 0.6 is 12.2 Å². The van der Waals surface area contributed by atoms with Gasteiger partial charge in [0, 0.05) is 19.3 Å². The minimum absolute atomic E-state index is 0.235. The molecule has 0 unspecified atom stereocenters. The average molecular weight is 264 g/mol. The lowest BCUT2D eigenvalue weighted by Gasteiger charge is -2.04. The molecule has 94 valence electrons. The van der Waals surface area contributed by atoms with Gasteiger partial charge in [0.15, 0.2) is 10.9 Å². The van der Waals surface area contributed by atoms with E-state index in [1.54, 1.807) is 23.9 Å². The first kappa shape index (κ1) is 12.5. The van der Waals surface area contributed by atoms with E-state index in [9.17, 15) is 4.39 Å². The van der Waals surface area contributed by atoms with Crippen LogP contribution in [0.25, 0.3) is 0 Å². The van der Waals surface area contributed by atoms with Gasteiger partial charge in [-0.25, -0.2) is 4.39 Å². The number of aromatic nitrogens is 2. The zero-order chi connectivity index (χ0) is 13.0. The van der Waals surface area contributed by atoms with Gasteiger partial charge in [0.25, 0.3) is 0 Å². The SMILES string of the molecule is CNC(=S)Nc1ccn(Cc2ccc(F)cc2)n1. The molecule has 0 aliphatic heterocycles. The van der Waals surface area contributed by atoms with Crippen molar-refractivity contribution in [2.45, 2.75) is 6.54 Å². The topological polar surface area (TPSA) is 41.9 Å². The number of anilines is 1. The molecule has 2 aromatic rings. The van der Waals surface area contributed by atoms with Crippen molar-refractivity contribution >= 4 is 23.1 Å². The minimum atomic E-state index is -0.235. The third-order valence-electron chi connectivity index (χ3n) is 2.37. The van der Waals surface area contributed by atoms with E-state index >= 15 is 0 Å². The normalized spacial score (nSPS) is 10.1. The summed E-state index contributed by atoms with van der Waals surface area (Å²) in [6, 6.07) is 8.18. The van der Waals surface area contributed by atoms with Gasteiger partial charge in [-0.1, -0.05) is 12.1 Å². The van der Waals surface area contributed by atoms with E-state index in [4.69, 9.17) is 12.2 Å². The molecule has 2 N–H and O–H groups in total. The van der Waals surface area contributed by atoms with E-state index in [0.717, 1.165) is 5.56 Å². The lowest BCUT2D eigenvalue weighted by Crippen LogP contribution is -2.24. The quantitative estimate of drug-likeness (QED) is 0.832. The zero-order valence-electron chi connectivity index (χ0n) is 9.85. The molecule has 0 saturated heterocycles. The number of nitrogens with zero attached hydrogens (tertiary/aromatic N) is 2. The highest BCUT2D eigenvalue weighted by atomic mass is 32.1. The summed E-state index contributed by atoms with van der Waals surface area (Å²) in [5, 5.41) is 10.6. The Morgan fingerprint density at radius 3 is 2.72 bits per heavy atom. The summed E-state index contributed by atoms with van der Waals surface area (Å²) in [6.07, 6.45) is 1.84. The van der Waals surface area contributed by atoms with Crippen molar-refractivity contribution in [2.24, 2.45) is 0 Å². The number of hydrogen-bond donors (Lipinski definition) is 2. The first-order chi connectivity index (χ1) is 8.67. The minimum Gasteiger partial charge on any atom is -0.365 e. The molecule has 0 saturated carbocycles. The molecule has 0 amide bonds. The summed E-state index contributed by atoms with van der Waals surface area (Å²) in [5.41, 5.74) is 0.988. The molecule has 0 atom stereocenters. The lowest BCUT2D eigenvalue weighted by atomic mass is 10.2. The van der Waals surface area contributed by atoms with E-state index in [2.05, 4.69) is 15.7 Å². The molecule has 2 rings (SSSR count). The fourth-order valence-electron chi connectivity index (χ4n) is 1.47. The molecule has 0 fully saturated rings. The van der Waals surface area contributed by atoms with Gasteiger partial charge >= 0.3 is 0 Å². The molecule has 0 aliphatic rings. The first-order valence-corrected chi connectivity index (χ1v) is 5.85. The van der Waals surface area contributed by atoms with E-state index in [0.29, 0.717) is 17.5 Å². The summed E-state index contributed by atoms with van der Waals surface area (Å²) < 4.78 is 14.5. The summed E-state index contributed by atoms with van der Waals surface area (Å²) in [4.78, 5) is 0. The van der Waals surface area contributed by atoms with Crippen LogP contribution in [0, 0.1) is 5.82 Å². The number of benzene rings is 1. The number of rotatable bonds is 3. The summed E-state index contributed by atoms with van der Waals surface area (Å²) in [6.45, 7) is 0.592. The van der Waals surface area contributed by atoms with Crippen LogP contribution in [-0.4, -0.2) is 21.9 Å². The highest BCUT2D eigenvalue weighted by Gasteiger charge is 2.01. The fraction of sp³-hybridized carbons (Fsp3) is 0.167. The van der Waals surface area contributed by atoms with Crippen LogP contribution in [-0.2, 0) is 6.54 Å². The van der Waals surface area contributed by atoms with Crippen LogP contribution in [0.5, 0.6) is 0 Å². The predicted molar refractivity (Wildman–Crippen MR) is 73.0 cm³/mol. The van der Waals surface area contributed by atoms with E-state index in [-0.39, 0.29) is 5.82 Å². The number of thiocarbonyl (C=S) groups is 1. The van der Waals surface area contributed by atoms with Crippen LogP contribution in [0.4, 0.5) is 10.2 Å². The van der Waals surface area contributed by atoms with Crippen LogP contribution in [0.15, 0.2) is 36.5 Å². The van der Waals surface area contributed by atoms with Crippen LogP contribution in [0.2, 0.25) is 0 Å². The Balaban J connectivity index is 2.02. The third-order valence-corrected chi connectivity index (χ3v) is 2.67. The Morgan fingerprint density at radius 2 is 2.06 bits per heavy atom. The van der Waals surface area contributed by atoms with Crippen molar-refractivity contribution in [3.8, 4) is 0 Å². The molecule has 4 nitrogen and oxygen atoms in total. The Morgan fingerprint density at radius 1 is 1.33 bits per heavy atom. The van der Waals surface area contributed by atoms with E-state index < -0.39 is 0 Å². The maximum Gasteiger partial charge on any atom is 0.171 e. The smallest absolute Gasteiger partial charge is 0.171 e. The molecule has 0 spiro atoms.